The molecule has 1 N–H and O–H groups in total. The van der Waals surface area contributed by atoms with Crippen molar-refractivity contribution < 1.29 is 13.3 Å². The molecule has 0 amide bonds. The molecule has 0 unspecified atom stereocenters. The topological polar surface area (TPSA) is 107 Å². The zero-order valence-corrected chi connectivity index (χ0v) is 14.7. The molecule has 9 heteroatoms. The van der Waals surface area contributed by atoms with Crippen molar-refractivity contribution in [3.05, 3.63) is 82.2 Å². The molecule has 134 valence electrons. The predicted octanol–water partition coefficient (Wildman–Crippen LogP) is 2.95. The van der Waals surface area contributed by atoms with Gasteiger partial charge in [0.25, 0.3) is 15.7 Å². The summed E-state index contributed by atoms with van der Waals surface area (Å²) in [5.41, 5.74) is 2.18. The number of benzene rings is 2. The Labute approximate surface area is 150 Å². The van der Waals surface area contributed by atoms with Gasteiger partial charge in [-0.15, -0.1) is 0 Å². The fourth-order valence-electron chi connectivity index (χ4n) is 2.36. The van der Waals surface area contributed by atoms with Gasteiger partial charge in [0.15, 0.2) is 0 Å². The molecule has 1 aromatic heterocycles. The maximum Gasteiger partial charge on any atom is 0.270 e. The fourth-order valence-corrected chi connectivity index (χ4v) is 3.43. The average molecular weight is 372 g/mol. The number of nitro groups is 1. The number of hydrogen-bond donors (Lipinski definition) is 1. The van der Waals surface area contributed by atoms with Crippen LogP contribution in [0.3, 0.4) is 0 Å². The first-order valence-corrected chi connectivity index (χ1v) is 9.17. The quantitative estimate of drug-likeness (QED) is 0.529. The van der Waals surface area contributed by atoms with Gasteiger partial charge < -0.3 is 0 Å². The summed E-state index contributed by atoms with van der Waals surface area (Å²) in [4.78, 5) is 9.99. The minimum absolute atomic E-state index is 0.182. The second kappa shape index (κ2) is 6.96. The first-order chi connectivity index (χ1) is 12.3. The van der Waals surface area contributed by atoms with Crippen LogP contribution >= 0.6 is 0 Å². The van der Waals surface area contributed by atoms with Gasteiger partial charge in [-0.2, -0.15) is 5.10 Å². The number of rotatable bonds is 6. The van der Waals surface area contributed by atoms with E-state index in [1.54, 1.807) is 10.9 Å². The molecule has 0 bridgehead atoms. The number of sulfonamides is 1. The lowest BCUT2D eigenvalue weighted by molar-refractivity contribution is -0.385. The molecule has 0 aliphatic heterocycles. The van der Waals surface area contributed by atoms with E-state index in [4.69, 9.17) is 0 Å². The van der Waals surface area contributed by atoms with Crippen LogP contribution in [-0.2, 0) is 16.6 Å². The van der Waals surface area contributed by atoms with E-state index >= 15 is 0 Å². The normalized spacial score (nSPS) is 11.3. The fraction of sp³-hybridized carbons (Fsp3) is 0.118. The number of nitro benzene ring substituents is 1. The Bertz CT molecular complexity index is 1040. The van der Waals surface area contributed by atoms with Crippen LogP contribution < -0.4 is 4.72 Å². The summed E-state index contributed by atoms with van der Waals surface area (Å²) in [5, 5.41) is 15.0. The van der Waals surface area contributed by atoms with E-state index in [1.165, 1.54) is 24.4 Å². The number of hydrogen-bond acceptors (Lipinski definition) is 5. The molecule has 0 spiro atoms. The Hall–Kier alpha value is -3.20. The van der Waals surface area contributed by atoms with Gasteiger partial charge in [-0.3, -0.25) is 19.5 Å². The van der Waals surface area contributed by atoms with Crippen molar-refractivity contribution >= 4 is 21.4 Å². The summed E-state index contributed by atoms with van der Waals surface area (Å²) in [7, 11) is -3.94. The second-order valence-electron chi connectivity index (χ2n) is 5.77. The van der Waals surface area contributed by atoms with Crippen LogP contribution in [0.5, 0.6) is 0 Å². The first kappa shape index (κ1) is 17.6. The third-order valence-electron chi connectivity index (χ3n) is 3.69. The number of aryl methyl sites for hydroxylation is 1. The zero-order valence-electron chi connectivity index (χ0n) is 13.9. The van der Waals surface area contributed by atoms with Crippen molar-refractivity contribution in [3.63, 3.8) is 0 Å². The van der Waals surface area contributed by atoms with Gasteiger partial charge in [0.1, 0.15) is 0 Å². The third kappa shape index (κ3) is 4.06. The maximum atomic E-state index is 12.4. The molecule has 26 heavy (non-hydrogen) atoms. The summed E-state index contributed by atoms with van der Waals surface area (Å²) < 4.78 is 28.8. The zero-order chi connectivity index (χ0) is 18.7. The number of anilines is 1. The first-order valence-electron chi connectivity index (χ1n) is 7.69. The van der Waals surface area contributed by atoms with Crippen LogP contribution in [0, 0.1) is 17.0 Å². The summed E-state index contributed by atoms with van der Waals surface area (Å²) in [5.74, 6) is 0. The van der Waals surface area contributed by atoms with Crippen molar-refractivity contribution in [2.24, 2.45) is 0 Å². The van der Waals surface area contributed by atoms with Gasteiger partial charge in [-0.05, 0) is 18.6 Å². The lowest BCUT2D eigenvalue weighted by atomic mass is 10.1. The van der Waals surface area contributed by atoms with Crippen LogP contribution in [0.4, 0.5) is 11.4 Å². The molecule has 1 heterocycles. The number of aromatic nitrogens is 2. The van der Waals surface area contributed by atoms with Gasteiger partial charge in [-0.1, -0.05) is 35.9 Å². The largest absolute Gasteiger partial charge is 0.276 e. The lowest BCUT2D eigenvalue weighted by Crippen LogP contribution is -2.12. The molecule has 3 aromatic rings. The summed E-state index contributed by atoms with van der Waals surface area (Å²) in [6.07, 6.45) is 2.96. The SMILES string of the molecule is Cc1ccc(Cn2cc(NS(=O)(=O)c3cccc([N+](=O)[O-])c3)cn2)cc1. The van der Waals surface area contributed by atoms with E-state index in [0.717, 1.165) is 17.2 Å². The van der Waals surface area contributed by atoms with Crippen molar-refractivity contribution in [2.45, 2.75) is 18.4 Å². The van der Waals surface area contributed by atoms with E-state index in [1.807, 2.05) is 31.2 Å². The van der Waals surface area contributed by atoms with Crippen molar-refractivity contribution in [1.29, 1.82) is 0 Å². The van der Waals surface area contributed by atoms with Gasteiger partial charge in [-0.25, -0.2) is 8.42 Å². The Kier molecular flexibility index (Phi) is 4.72. The standard InChI is InChI=1S/C17H16N4O4S/c1-13-5-7-14(8-6-13)11-20-12-15(10-18-20)19-26(24,25)17-4-2-3-16(9-17)21(22)23/h2-10,12,19H,11H2,1H3. The molecule has 0 fully saturated rings. The Morgan fingerprint density at radius 3 is 2.62 bits per heavy atom. The Morgan fingerprint density at radius 2 is 1.92 bits per heavy atom. The number of non-ortho nitro benzene ring substituents is 1. The van der Waals surface area contributed by atoms with Gasteiger partial charge >= 0.3 is 0 Å². The molecule has 0 saturated carbocycles. The summed E-state index contributed by atoms with van der Waals surface area (Å²) in [6.45, 7) is 2.50. The molecular weight excluding hydrogens is 356 g/mol. The van der Waals surface area contributed by atoms with Crippen molar-refractivity contribution in [3.8, 4) is 0 Å². The molecule has 3 rings (SSSR count). The minimum Gasteiger partial charge on any atom is -0.276 e. The van der Waals surface area contributed by atoms with E-state index in [2.05, 4.69) is 9.82 Å². The van der Waals surface area contributed by atoms with Crippen LogP contribution in [0.2, 0.25) is 0 Å². The van der Waals surface area contributed by atoms with Gasteiger partial charge in [0.2, 0.25) is 0 Å². The minimum atomic E-state index is -3.94. The molecule has 0 saturated heterocycles. The van der Waals surface area contributed by atoms with Crippen molar-refractivity contribution in [1.82, 2.24) is 9.78 Å². The summed E-state index contributed by atoms with van der Waals surface area (Å²) >= 11 is 0. The highest BCUT2D eigenvalue weighted by molar-refractivity contribution is 7.92. The third-order valence-corrected chi connectivity index (χ3v) is 5.07. The van der Waals surface area contributed by atoms with Gasteiger partial charge in [0.05, 0.1) is 28.2 Å². The average Bonchev–Trinajstić information content (AvgIpc) is 3.03. The van der Waals surface area contributed by atoms with Gasteiger partial charge in [0, 0.05) is 18.3 Å². The highest BCUT2D eigenvalue weighted by Gasteiger charge is 2.18. The Morgan fingerprint density at radius 1 is 1.19 bits per heavy atom. The highest BCUT2D eigenvalue weighted by atomic mass is 32.2. The molecule has 0 aliphatic carbocycles. The van der Waals surface area contributed by atoms with Crippen molar-refractivity contribution in [2.75, 3.05) is 4.72 Å². The highest BCUT2D eigenvalue weighted by Crippen LogP contribution is 2.20. The number of nitrogens with one attached hydrogen (secondary N) is 1. The smallest absolute Gasteiger partial charge is 0.270 e. The van der Waals surface area contributed by atoms with E-state index in [-0.39, 0.29) is 16.3 Å². The van der Waals surface area contributed by atoms with Crippen LogP contribution in [-0.4, -0.2) is 23.1 Å². The van der Waals surface area contributed by atoms with Crippen LogP contribution in [0.15, 0.2) is 65.8 Å². The van der Waals surface area contributed by atoms with E-state index in [9.17, 15) is 18.5 Å². The summed E-state index contributed by atoms with van der Waals surface area (Å²) in [6, 6.07) is 12.8. The molecule has 0 aliphatic rings. The molecule has 2 aromatic carbocycles. The molecule has 0 atom stereocenters. The predicted molar refractivity (Wildman–Crippen MR) is 96.4 cm³/mol. The maximum absolute atomic E-state index is 12.4. The lowest BCUT2D eigenvalue weighted by Gasteiger charge is -2.06. The Balaban J connectivity index is 1.76. The van der Waals surface area contributed by atoms with E-state index in [0.29, 0.717) is 6.54 Å². The monoisotopic (exact) mass is 372 g/mol. The molecular formula is C17H16N4O4S. The van der Waals surface area contributed by atoms with E-state index < -0.39 is 14.9 Å². The van der Waals surface area contributed by atoms with Crippen LogP contribution in [0.25, 0.3) is 0 Å². The number of nitrogens with zero attached hydrogens (tertiary/aromatic N) is 3. The molecule has 0 radical (unpaired) electrons. The molecule has 8 nitrogen and oxygen atoms in total. The second-order valence-corrected chi connectivity index (χ2v) is 7.45. The van der Waals surface area contributed by atoms with Crippen LogP contribution in [0.1, 0.15) is 11.1 Å².